The summed E-state index contributed by atoms with van der Waals surface area (Å²) in [6.45, 7) is 5.45. The number of rotatable bonds is 5. The normalized spacial score (nSPS) is 19.8. The summed E-state index contributed by atoms with van der Waals surface area (Å²) >= 11 is 0. The fourth-order valence-electron chi connectivity index (χ4n) is 2.91. The first-order valence-corrected chi connectivity index (χ1v) is 9.32. The summed E-state index contributed by atoms with van der Waals surface area (Å²) in [4.78, 5) is 14.6. The summed E-state index contributed by atoms with van der Waals surface area (Å²) in [6.07, 6.45) is 2.29. The second kappa shape index (κ2) is 7.24. The predicted molar refractivity (Wildman–Crippen MR) is 85.9 cm³/mol. The van der Waals surface area contributed by atoms with Crippen LogP contribution in [0.2, 0.25) is 0 Å². The number of carbonyl (C=O) groups excluding carboxylic acids is 1. The fraction of sp³-hybridized carbons (Fsp3) is 0.562. The van der Waals surface area contributed by atoms with Gasteiger partial charge in [0.1, 0.15) is 6.04 Å². The smallest absolute Gasteiger partial charge is 0.243 e. The van der Waals surface area contributed by atoms with Gasteiger partial charge in [-0.15, -0.1) is 0 Å². The third-order valence-corrected chi connectivity index (χ3v) is 6.09. The van der Waals surface area contributed by atoms with E-state index in [1.54, 1.807) is 35.2 Å². The van der Waals surface area contributed by atoms with E-state index in [1.165, 1.54) is 4.31 Å². The number of sulfonamides is 1. The molecule has 1 aliphatic rings. The molecule has 1 heterocycles. The Hall–Kier alpha value is -1.40. The molecule has 1 atom stereocenters. The first-order chi connectivity index (χ1) is 10.5. The molecule has 1 aromatic rings. The topological polar surface area (TPSA) is 57.7 Å². The molecule has 1 aromatic carbocycles. The van der Waals surface area contributed by atoms with Crippen molar-refractivity contribution in [2.75, 3.05) is 19.6 Å². The maximum absolute atomic E-state index is 12.9. The number of carbonyl (C=O) groups is 1. The zero-order valence-corrected chi connectivity index (χ0v) is 14.1. The summed E-state index contributed by atoms with van der Waals surface area (Å²) in [5.41, 5.74) is 0. The molecule has 22 heavy (non-hydrogen) atoms. The number of hydrogen-bond acceptors (Lipinski definition) is 3. The molecule has 1 saturated heterocycles. The van der Waals surface area contributed by atoms with Gasteiger partial charge >= 0.3 is 0 Å². The first kappa shape index (κ1) is 17.0. The van der Waals surface area contributed by atoms with Gasteiger partial charge in [-0.05, 0) is 38.8 Å². The molecule has 0 N–H and O–H groups in total. The van der Waals surface area contributed by atoms with Crippen LogP contribution in [-0.4, -0.2) is 49.2 Å². The van der Waals surface area contributed by atoms with Gasteiger partial charge in [0.05, 0.1) is 4.90 Å². The van der Waals surface area contributed by atoms with Crippen molar-refractivity contribution in [3.8, 4) is 0 Å². The SMILES string of the molecule is CCN(CC)C(=O)C1CCCCN1S(=O)(=O)c1ccccc1. The molecule has 1 amide bonds. The molecule has 0 aromatic heterocycles. The van der Waals surface area contributed by atoms with E-state index in [4.69, 9.17) is 0 Å². The Morgan fingerprint density at radius 2 is 1.82 bits per heavy atom. The van der Waals surface area contributed by atoms with Crippen LogP contribution >= 0.6 is 0 Å². The second-order valence-electron chi connectivity index (χ2n) is 5.45. The van der Waals surface area contributed by atoms with Crippen molar-refractivity contribution in [3.05, 3.63) is 30.3 Å². The summed E-state index contributed by atoms with van der Waals surface area (Å²) in [7, 11) is -3.62. The molecular formula is C16H24N2O3S. The van der Waals surface area contributed by atoms with E-state index in [0.717, 1.165) is 12.8 Å². The molecule has 0 spiro atoms. The quantitative estimate of drug-likeness (QED) is 0.833. The van der Waals surface area contributed by atoms with Crippen molar-refractivity contribution in [2.45, 2.75) is 44.0 Å². The number of benzene rings is 1. The highest BCUT2D eigenvalue weighted by molar-refractivity contribution is 7.89. The van der Waals surface area contributed by atoms with Gasteiger partial charge < -0.3 is 4.90 Å². The maximum atomic E-state index is 12.9. The van der Waals surface area contributed by atoms with Gasteiger partial charge in [0.2, 0.25) is 15.9 Å². The van der Waals surface area contributed by atoms with Crippen LogP contribution in [0.25, 0.3) is 0 Å². The van der Waals surface area contributed by atoms with Gasteiger partial charge in [0, 0.05) is 19.6 Å². The molecule has 0 bridgehead atoms. The van der Waals surface area contributed by atoms with E-state index in [-0.39, 0.29) is 10.8 Å². The van der Waals surface area contributed by atoms with Crippen LogP contribution in [0.3, 0.4) is 0 Å². The van der Waals surface area contributed by atoms with Crippen LogP contribution in [0.15, 0.2) is 35.2 Å². The van der Waals surface area contributed by atoms with Crippen molar-refractivity contribution in [2.24, 2.45) is 0 Å². The summed E-state index contributed by atoms with van der Waals surface area (Å²) in [5, 5.41) is 0. The Balaban J connectivity index is 2.32. The minimum Gasteiger partial charge on any atom is -0.342 e. The average molecular weight is 324 g/mol. The molecule has 2 rings (SSSR count). The molecule has 0 aliphatic carbocycles. The maximum Gasteiger partial charge on any atom is 0.243 e. The van der Waals surface area contributed by atoms with Crippen LogP contribution in [-0.2, 0) is 14.8 Å². The standard InChI is InChI=1S/C16H24N2O3S/c1-3-17(4-2)16(19)15-12-8-9-13-18(15)22(20,21)14-10-6-5-7-11-14/h5-7,10-11,15H,3-4,8-9,12-13H2,1-2H3. The van der Waals surface area contributed by atoms with Crippen molar-refractivity contribution >= 4 is 15.9 Å². The Bertz CT molecular complexity index is 597. The molecule has 5 nitrogen and oxygen atoms in total. The molecule has 6 heteroatoms. The first-order valence-electron chi connectivity index (χ1n) is 7.88. The Kier molecular flexibility index (Phi) is 5.58. The zero-order chi connectivity index (χ0) is 16.2. The molecule has 1 aliphatic heterocycles. The molecule has 122 valence electrons. The van der Waals surface area contributed by atoms with Gasteiger partial charge in [-0.3, -0.25) is 4.79 Å². The van der Waals surface area contributed by atoms with E-state index in [2.05, 4.69) is 0 Å². The highest BCUT2D eigenvalue weighted by atomic mass is 32.2. The monoisotopic (exact) mass is 324 g/mol. The van der Waals surface area contributed by atoms with Crippen LogP contribution < -0.4 is 0 Å². The van der Waals surface area contributed by atoms with E-state index in [0.29, 0.717) is 26.1 Å². The van der Waals surface area contributed by atoms with E-state index >= 15 is 0 Å². The lowest BCUT2D eigenvalue weighted by molar-refractivity contribution is -0.135. The molecule has 0 saturated carbocycles. The summed E-state index contributed by atoms with van der Waals surface area (Å²) in [5.74, 6) is -0.0794. The van der Waals surface area contributed by atoms with E-state index in [9.17, 15) is 13.2 Å². The van der Waals surface area contributed by atoms with Crippen molar-refractivity contribution < 1.29 is 13.2 Å². The lowest BCUT2D eigenvalue weighted by Gasteiger charge is -2.36. The zero-order valence-electron chi connectivity index (χ0n) is 13.2. The van der Waals surface area contributed by atoms with Crippen LogP contribution in [0, 0.1) is 0 Å². The number of likely N-dealkylation sites (N-methyl/N-ethyl adjacent to an activating group) is 1. The molecule has 1 fully saturated rings. The predicted octanol–water partition coefficient (Wildman–Crippen LogP) is 2.10. The molecule has 0 radical (unpaired) electrons. The summed E-state index contributed by atoms with van der Waals surface area (Å²) < 4.78 is 27.1. The average Bonchev–Trinajstić information content (AvgIpc) is 2.56. The number of nitrogens with zero attached hydrogens (tertiary/aromatic N) is 2. The van der Waals surface area contributed by atoms with Crippen LogP contribution in [0.5, 0.6) is 0 Å². The van der Waals surface area contributed by atoms with Gasteiger partial charge in [0.25, 0.3) is 0 Å². The second-order valence-corrected chi connectivity index (χ2v) is 7.34. The lowest BCUT2D eigenvalue weighted by atomic mass is 10.0. The van der Waals surface area contributed by atoms with Gasteiger partial charge in [-0.1, -0.05) is 24.6 Å². The third-order valence-electron chi connectivity index (χ3n) is 4.16. The van der Waals surface area contributed by atoms with Crippen molar-refractivity contribution in [1.29, 1.82) is 0 Å². The number of piperidine rings is 1. The van der Waals surface area contributed by atoms with Gasteiger partial charge in [0.15, 0.2) is 0 Å². The van der Waals surface area contributed by atoms with Crippen molar-refractivity contribution in [3.63, 3.8) is 0 Å². The Labute approximate surface area is 133 Å². The molecular weight excluding hydrogens is 300 g/mol. The van der Waals surface area contributed by atoms with E-state index in [1.807, 2.05) is 13.8 Å². The van der Waals surface area contributed by atoms with Crippen LogP contribution in [0.1, 0.15) is 33.1 Å². The van der Waals surface area contributed by atoms with E-state index < -0.39 is 16.1 Å². The largest absolute Gasteiger partial charge is 0.342 e. The highest BCUT2D eigenvalue weighted by Gasteiger charge is 2.38. The van der Waals surface area contributed by atoms with Gasteiger partial charge in [-0.25, -0.2) is 8.42 Å². The van der Waals surface area contributed by atoms with Gasteiger partial charge in [-0.2, -0.15) is 4.31 Å². The fourth-order valence-corrected chi connectivity index (χ4v) is 4.59. The minimum absolute atomic E-state index is 0.0794. The van der Waals surface area contributed by atoms with Crippen LogP contribution in [0.4, 0.5) is 0 Å². The third kappa shape index (κ3) is 3.33. The highest BCUT2D eigenvalue weighted by Crippen LogP contribution is 2.26. The summed E-state index contributed by atoms with van der Waals surface area (Å²) in [6, 6.07) is 7.80. The Morgan fingerprint density at radius 1 is 1.18 bits per heavy atom. The lowest BCUT2D eigenvalue weighted by Crippen LogP contribution is -2.52. The Morgan fingerprint density at radius 3 is 2.41 bits per heavy atom. The number of hydrogen-bond donors (Lipinski definition) is 0. The van der Waals surface area contributed by atoms with Crippen molar-refractivity contribution in [1.82, 2.24) is 9.21 Å². The molecule has 1 unspecified atom stereocenters. The number of amides is 1. The minimum atomic E-state index is -3.62.